The standard InChI is InChI=1S/C16H19N3O/c1-2-18-11-14(17)9-15(18)16(20)19-8-7-12-5-3-4-6-13(12)10-19/h3-6,9,11H,2,7-8,10,17H2,1H3. The van der Waals surface area contributed by atoms with Crippen molar-refractivity contribution < 1.29 is 4.79 Å². The van der Waals surface area contributed by atoms with Gasteiger partial charge in [0.15, 0.2) is 0 Å². The van der Waals surface area contributed by atoms with E-state index in [0.717, 1.165) is 19.5 Å². The number of anilines is 1. The molecule has 0 fully saturated rings. The number of carbonyl (C=O) groups excluding carboxylic acids is 1. The molecular weight excluding hydrogens is 250 g/mol. The summed E-state index contributed by atoms with van der Waals surface area (Å²) in [6.07, 6.45) is 2.75. The van der Waals surface area contributed by atoms with E-state index in [4.69, 9.17) is 5.73 Å². The van der Waals surface area contributed by atoms with Crippen LogP contribution in [0.25, 0.3) is 0 Å². The highest BCUT2D eigenvalue weighted by atomic mass is 16.2. The molecule has 0 bridgehead atoms. The van der Waals surface area contributed by atoms with Crippen molar-refractivity contribution in [2.75, 3.05) is 12.3 Å². The van der Waals surface area contributed by atoms with E-state index in [1.807, 2.05) is 28.7 Å². The average Bonchev–Trinajstić information content (AvgIpc) is 2.87. The van der Waals surface area contributed by atoms with Gasteiger partial charge in [0, 0.05) is 25.8 Å². The van der Waals surface area contributed by atoms with Crippen molar-refractivity contribution in [3.63, 3.8) is 0 Å². The smallest absolute Gasteiger partial charge is 0.270 e. The van der Waals surface area contributed by atoms with Gasteiger partial charge in [0.1, 0.15) is 5.69 Å². The van der Waals surface area contributed by atoms with Crippen LogP contribution in [0.2, 0.25) is 0 Å². The van der Waals surface area contributed by atoms with Crippen molar-refractivity contribution in [2.45, 2.75) is 26.4 Å². The molecular formula is C16H19N3O. The van der Waals surface area contributed by atoms with Crippen LogP contribution >= 0.6 is 0 Å². The summed E-state index contributed by atoms with van der Waals surface area (Å²) in [6, 6.07) is 10.1. The zero-order valence-electron chi connectivity index (χ0n) is 11.7. The number of rotatable bonds is 2. The van der Waals surface area contributed by atoms with Gasteiger partial charge in [-0.1, -0.05) is 24.3 Å². The Balaban J connectivity index is 1.85. The highest BCUT2D eigenvalue weighted by Gasteiger charge is 2.23. The first kappa shape index (κ1) is 12.8. The summed E-state index contributed by atoms with van der Waals surface area (Å²) in [5.41, 5.74) is 9.73. The highest BCUT2D eigenvalue weighted by Crippen LogP contribution is 2.21. The van der Waals surface area contributed by atoms with Gasteiger partial charge in [-0.25, -0.2) is 0 Å². The second-order valence-corrected chi connectivity index (χ2v) is 5.19. The van der Waals surface area contributed by atoms with Crippen LogP contribution in [0.15, 0.2) is 36.5 Å². The van der Waals surface area contributed by atoms with Crippen molar-refractivity contribution in [2.24, 2.45) is 0 Å². The van der Waals surface area contributed by atoms with Crippen LogP contribution < -0.4 is 5.73 Å². The third-order valence-corrected chi connectivity index (χ3v) is 3.90. The molecule has 0 unspecified atom stereocenters. The van der Waals surface area contributed by atoms with Gasteiger partial charge in [0.2, 0.25) is 0 Å². The predicted molar refractivity (Wildman–Crippen MR) is 79.4 cm³/mol. The van der Waals surface area contributed by atoms with Crippen LogP contribution in [0, 0.1) is 0 Å². The molecule has 1 aliphatic rings. The Morgan fingerprint density at radius 3 is 2.80 bits per heavy atom. The first-order valence-electron chi connectivity index (χ1n) is 7.00. The van der Waals surface area contributed by atoms with Crippen LogP contribution in [-0.4, -0.2) is 21.9 Å². The molecule has 0 spiro atoms. The Morgan fingerprint density at radius 2 is 2.05 bits per heavy atom. The van der Waals surface area contributed by atoms with Gasteiger partial charge in [0.25, 0.3) is 5.91 Å². The summed E-state index contributed by atoms with van der Waals surface area (Å²) in [6.45, 7) is 4.22. The van der Waals surface area contributed by atoms with Crippen LogP contribution in [0.1, 0.15) is 28.5 Å². The maximum Gasteiger partial charge on any atom is 0.270 e. The summed E-state index contributed by atoms with van der Waals surface area (Å²) < 4.78 is 1.91. The van der Waals surface area contributed by atoms with E-state index >= 15 is 0 Å². The number of nitrogen functional groups attached to an aromatic ring is 1. The van der Waals surface area contributed by atoms with E-state index in [1.165, 1.54) is 11.1 Å². The van der Waals surface area contributed by atoms with Gasteiger partial charge in [-0.3, -0.25) is 4.79 Å². The third-order valence-electron chi connectivity index (χ3n) is 3.90. The van der Waals surface area contributed by atoms with Crippen molar-refractivity contribution in [3.05, 3.63) is 53.3 Å². The Morgan fingerprint density at radius 1 is 1.30 bits per heavy atom. The van der Waals surface area contributed by atoms with Crippen LogP contribution in [0.4, 0.5) is 5.69 Å². The normalized spacial score (nSPS) is 14.2. The van der Waals surface area contributed by atoms with Crippen molar-refractivity contribution in [1.29, 1.82) is 0 Å². The maximum absolute atomic E-state index is 12.7. The largest absolute Gasteiger partial charge is 0.397 e. The molecule has 0 radical (unpaired) electrons. The number of amides is 1. The molecule has 0 saturated carbocycles. The molecule has 1 aliphatic heterocycles. The molecule has 4 heteroatoms. The van der Waals surface area contributed by atoms with Gasteiger partial charge in [-0.15, -0.1) is 0 Å². The minimum Gasteiger partial charge on any atom is -0.397 e. The summed E-state index contributed by atoms with van der Waals surface area (Å²) in [5.74, 6) is 0.0676. The molecule has 1 aromatic heterocycles. The Hall–Kier alpha value is -2.23. The lowest BCUT2D eigenvalue weighted by atomic mass is 10.00. The number of nitrogens with zero attached hydrogens (tertiary/aromatic N) is 2. The van der Waals surface area contributed by atoms with Crippen molar-refractivity contribution >= 4 is 11.6 Å². The number of aryl methyl sites for hydroxylation is 1. The molecule has 20 heavy (non-hydrogen) atoms. The molecule has 1 amide bonds. The molecule has 0 saturated heterocycles. The fourth-order valence-corrected chi connectivity index (χ4v) is 2.80. The van der Waals surface area contributed by atoms with Crippen molar-refractivity contribution in [3.8, 4) is 0 Å². The third kappa shape index (κ3) is 2.18. The quantitative estimate of drug-likeness (QED) is 0.909. The molecule has 104 valence electrons. The van der Waals surface area contributed by atoms with Gasteiger partial charge < -0.3 is 15.2 Å². The molecule has 2 heterocycles. The van der Waals surface area contributed by atoms with Gasteiger partial charge in [-0.05, 0) is 30.5 Å². The zero-order valence-corrected chi connectivity index (χ0v) is 11.7. The van der Waals surface area contributed by atoms with Gasteiger partial charge >= 0.3 is 0 Å². The molecule has 4 nitrogen and oxygen atoms in total. The fourth-order valence-electron chi connectivity index (χ4n) is 2.80. The molecule has 1 aromatic carbocycles. The minimum atomic E-state index is 0.0676. The topological polar surface area (TPSA) is 51.3 Å². The lowest BCUT2D eigenvalue weighted by Gasteiger charge is -2.29. The van der Waals surface area contributed by atoms with E-state index in [2.05, 4.69) is 18.2 Å². The SMILES string of the molecule is CCn1cc(N)cc1C(=O)N1CCc2ccccc2C1. The summed E-state index contributed by atoms with van der Waals surface area (Å²) >= 11 is 0. The summed E-state index contributed by atoms with van der Waals surface area (Å²) in [5, 5.41) is 0. The van der Waals surface area contributed by atoms with E-state index in [-0.39, 0.29) is 5.91 Å². The molecule has 3 rings (SSSR count). The molecule has 0 atom stereocenters. The van der Waals surface area contributed by atoms with E-state index in [0.29, 0.717) is 17.9 Å². The van der Waals surface area contributed by atoms with Crippen LogP contribution in [-0.2, 0) is 19.5 Å². The fraction of sp³-hybridized carbons (Fsp3) is 0.312. The number of fused-ring (bicyclic) bond motifs is 1. The zero-order chi connectivity index (χ0) is 14.1. The van der Waals surface area contributed by atoms with E-state index in [9.17, 15) is 4.79 Å². The van der Waals surface area contributed by atoms with Gasteiger partial charge in [0.05, 0.1) is 5.69 Å². The van der Waals surface area contributed by atoms with E-state index < -0.39 is 0 Å². The van der Waals surface area contributed by atoms with Gasteiger partial charge in [-0.2, -0.15) is 0 Å². The summed E-state index contributed by atoms with van der Waals surface area (Å²) in [7, 11) is 0. The number of hydrogen-bond donors (Lipinski definition) is 1. The number of nitrogens with two attached hydrogens (primary N) is 1. The van der Waals surface area contributed by atoms with Crippen LogP contribution in [0.5, 0.6) is 0 Å². The van der Waals surface area contributed by atoms with E-state index in [1.54, 1.807) is 6.07 Å². The monoisotopic (exact) mass is 269 g/mol. The maximum atomic E-state index is 12.7. The lowest BCUT2D eigenvalue weighted by molar-refractivity contribution is 0.0724. The Bertz CT molecular complexity index is 645. The number of carbonyl (C=O) groups is 1. The number of aromatic nitrogens is 1. The lowest BCUT2D eigenvalue weighted by Crippen LogP contribution is -2.36. The Kier molecular flexibility index (Phi) is 3.22. The molecule has 0 aliphatic carbocycles. The van der Waals surface area contributed by atoms with Crippen molar-refractivity contribution in [1.82, 2.24) is 9.47 Å². The second-order valence-electron chi connectivity index (χ2n) is 5.19. The first-order chi connectivity index (χ1) is 9.69. The molecule has 2 N–H and O–H groups in total. The Labute approximate surface area is 118 Å². The summed E-state index contributed by atoms with van der Waals surface area (Å²) in [4.78, 5) is 14.6. The average molecular weight is 269 g/mol. The number of benzene rings is 1. The minimum absolute atomic E-state index is 0.0676. The second kappa shape index (κ2) is 5.04. The predicted octanol–water partition coefficient (Wildman–Crippen LogP) is 2.29. The number of hydrogen-bond acceptors (Lipinski definition) is 2. The molecule has 2 aromatic rings. The highest BCUT2D eigenvalue weighted by molar-refractivity contribution is 5.94. The first-order valence-corrected chi connectivity index (χ1v) is 7.00. The van der Waals surface area contributed by atoms with Crippen LogP contribution in [0.3, 0.4) is 0 Å².